The topological polar surface area (TPSA) is 64.6 Å². The molecule has 0 bridgehead atoms. The second-order valence-electron chi connectivity index (χ2n) is 7.88. The first-order valence-corrected chi connectivity index (χ1v) is 12.3. The summed E-state index contributed by atoms with van der Waals surface area (Å²) in [6, 6.07) is 17.5. The zero-order valence-corrected chi connectivity index (χ0v) is 20.6. The molecule has 0 radical (unpaired) electrons. The second kappa shape index (κ2) is 12.7. The van der Waals surface area contributed by atoms with Gasteiger partial charge in [-0.1, -0.05) is 64.3 Å². The van der Waals surface area contributed by atoms with Crippen LogP contribution in [0, 0.1) is 12.3 Å². The number of benzene rings is 2. The van der Waals surface area contributed by atoms with Gasteiger partial charge in [0.25, 0.3) is 0 Å². The Labute approximate surface area is 208 Å². The van der Waals surface area contributed by atoms with E-state index in [0.29, 0.717) is 25.2 Å². The highest BCUT2D eigenvalue weighted by Gasteiger charge is 2.51. The molecule has 2 aliphatic rings. The van der Waals surface area contributed by atoms with Crippen molar-refractivity contribution in [3.63, 3.8) is 0 Å². The van der Waals surface area contributed by atoms with E-state index in [1.54, 1.807) is 7.11 Å². The molecule has 7 nitrogen and oxygen atoms in total. The van der Waals surface area contributed by atoms with E-state index in [1.165, 1.54) is 0 Å². The van der Waals surface area contributed by atoms with E-state index in [1.807, 2.05) is 54.6 Å². The van der Waals surface area contributed by atoms with Gasteiger partial charge in [0, 0.05) is 10.9 Å². The summed E-state index contributed by atoms with van der Waals surface area (Å²) >= 11 is 3.39. The normalized spacial score (nSPS) is 28.6. The van der Waals surface area contributed by atoms with Crippen molar-refractivity contribution in [2.45, 2.75) is 43.6 Å². The van der Waals surface area contributed by atoms with Gasteiger partial charge < -0.3 is 33.2 Å². The highest BCUT2D eigenvalue weighted by Crippen LogP contribution is 2.37. The van der Waals surface area contributed by atoms with Crippen molar-refractivity contribution in [1.82, 2.24) is 0 Å². The smallest absolute Gasteiger partial charge is 0.187 e. The van der Waals surface area contributed by atoms with Crippen molar-refractivity contribution in [3.05, 3.63) is 65.7 Å². The van der Waals surface area contributed by atoms with Crippen LogP contribution in [-0.2, 0) is 35.0 Å². The molecule has 0 aromatic heterocycles. The third-order valence-electron chi connectivity index (χ3n) is 5.68. The van der Waals surface area contributed by atoms with Crippen molar-refractivity contribution >= 4 is 15.9 Å². The number of alkyl halides is 1. The Balaban J connectivity index is 1.56. The molecule has 2 aliphatic heterocycles. The Bertz CT molecular complexity index is 917. The van der Waals surface area contributed by atoms with Gasteiger partial charge in [0.2, 0.25) is 0 Å². The van der Waals surface area contributed by atoms with Gasteiger partial charge in [-0.2, -0.15) is 0 Å². The molecule has 2 aromatic carbocycles. The third-order valence-corrected chi connectivity index (χ3v) is 6.00. The van der Waals surface area contributed by atoms with Gasteiger partial charge in [-0.3, -0.25) is 0 Å². The maximum absolute atomic E-state index is 6.43. The number of methoxy groups -OCH3 is 1. The molecule has 0 spiro atoms. The summed E-state index contributed by atoms with van der Waals surface area (Å²) in [4.78, 5) is 0. The van der Waals surface area contributed by atoms with Crippen LogP contribution < -0.4 is 4.74 Å². The fourth-order valence-corrected chi connectivity index (χ4v) is 4.23. The first-order valence-electron chi connectivity index (χ1n) is 11.2. The van der Waals surface area contributed by atoms with Gasteiger partial charge in [-0.25, -0.2) is 0 Å². The van der Waals surface area contributed by atoms with E-state index in [4.69, 9.17) is 39.6 Å². The molecule has 182 valence electrons. The zero-order valence-electron chi connectivity index (χ0n) is 19.0. The fourth-order valence-electron chi connectivity index (χ4n) is 4.05. The van der Waals surface area contributed by atoms with Gasteiger partial charge in [0.05, 0.1) is 26.9 Å². The average molecular weight is 533 g/mol. The zero-order chi connectivity index (χ0) is 23.8. The molecule has 2 fully saturated rings. The van der Waals surface area contributed by atoms with Crippen LogP contribution in [0.2, 0.25) is 0 Å². The predicted octanol–water partition coefficient (Wildman–Crippen LogP) is 3.85. The number of ether oxygens (including phenoxy) is 7. The molecule has 2 saturated heterocycles. The standard InChI is InChI=1S/C26H29BrO7/c1-3-14-29-24-23(31-16-18-9-11-20(28-2)12-10-18)22-21(33-26(24)30-15-13-27)17-32-25(34-22)19-7-5-4-6-8-19/h1,4-12,21-26H,13-17H2,2H3/t21-,22-,23+,24+,25?,26-/m1/s1. The third kappa shape index (κ3) is 6.18. The quantitative estimate of drug-likeness (QED) is 0.340. The number of rotatable bonds is 10. The average Bonchev–Trinajstić information content (AvgIpc) is 2.90. The molecule has 34 heavy (non-hydrogen) atoms. The van der Waals surface area contributed by atoms with E-state index in [0.717, 1.165) is 16.9 Å². The summed E-state index contributed by atoms with van der Waals surface area (Å²) in [5.74, 6) is 3.31. The van der Waals surface area contributed by atoms with Crippen LogP contribution >= 0.6 is 15.9 Å². The summed E-state index contributed by atoms with van der Waals surface area (Å²) < 4.78 is 42.2. The van der Waals surface area contributed by atoms with Crippen LogP contribution in [-0.4, -0.2) is 63.0 Å². The van der Waals surface area contributed by atoms with E-state index in [2.05, 4.69) is 21.9 Å². The molecule has 8 heteroatoms. The summed E-state index contributed by atoms with van der Waals surface area (Å²) in [5.41, 5.74) is 1.91. The Morgan fingerprint density at radius 1 is 1.00 bits per heavy atom. The summed E-state index contributed by atoms with van der Waals surface area (Å²) in [6.45, 7) is 1.22. The Morgan fingerprint density at radius 2 is 1.79 bits per heavy atom. The lowest BCUT2D eigenvalue weighted by Gasteiger charge is -2.48. The van der Waals surface area contributed by atoms with Gasteiger partial charge in [-0.05, 0) is 17.7 Å². The largest absolute Gasteiger partial charge is 0.497 e. The molecule has 1 unspecified atom stereocenters. The maximum atomic E-state index is 6.43. The minimum absolute atomic E-state index is 0.0978. The number of fused-ring (bicyclic) bond motifs is 1. The summed E-state index contributed by atoms with van der Waals surface area (Å²) in [6.07, 6.45) is 2.38. The van der Waals surface area contributed by atoms with Crippen LogP contribution in [0.15, 0.2) is 54.6 Å². The van der Waals surface area contributed by atoms with Crippen molar-refractivity contribution < 1.29 is 33.2 Å². The van der Waals surface area contributed by atoms with Crippen LogP contribution in [0.4, 0.5) is 0 Å². The molecular weight excluding hydrogens is 504 g/mol. The lowest BCUT2D eigenvalue weighted by Crippen LogP contribution is -2.63. The van der Waals surface area contributed by atoms with Crippen molar-refractivity contribution in [2.24, 2.45) is 0 Å². The van der Waals surface area contributed by atoms with Gasteiger partial charge >= 0.3 is 0 Å². The van der Waals surface area contributed by atoms with Crippen molar-refractivity contribution in [3.8, 4) is 18.1 Å². The Morgan fingerprint density at radius 3 is 2.50 bits per heavy atom. The van der Waals surface area contributed by atoms with E-state index >= 15 is 0 Å². The maximum Gasteiger partial charge on any atom is 0.187 e. The lowest BCUT2D eigenvalue weighted by molar-refractivity contribution is -0.369. The first-order chi connectivity index (χ1) is 16.7. The Hall–Kier alpha value is -1.96. The number of halogens is 1. The molecule has 0 saturated carbocycles. The number of hydrogen-bond acceptors (Lipinski definition) is 7. The molecule has 6 atom stereocenters. The van der Waals surface area contributed by atoms with Crippen molar-refractivity contribution in [1.29, 1.82) is 0 Å². The van der Waals surface area contributed by atoms with Crippen molar-refractivity contribution in [2.75, 3.05) is 32.3 Å². The monoisotopic (exact) mass is 532 g/mol. The van der Waals surface area contributed by atoms with Crippen LogP contribution in [0.1, 0.15) is 17.4 Å². The van der Waals surface area contributed by atoms with Crippen LogP contribution in [0.3, 0.4) is 0 Å². The SMILES string of the molecule is C#CCO[C@@H]1[C@H](OCCBr)O[C@@H]2COC(c3ccccc3)O[C@H]2[C@@H]1OCc1ccc(OC)cc1. The van der Waals surface area contributed by atoms with Crippen LogP contribution in [0.5, 0.6) is 5.75 Å². The minimum Gasteiger partial charge on any atom is -0.497 e. The lowest BCUT2D eigenvalue weighted by atomic mass is 9.97. The highest BCUT2D eigenvalue weighted by atomic mass is 79.9. The molecule has 0 amide bonds. The van der Waals surface area contributed by atoms with Crippen LogP contribution in [0.25, 0.3) is 0 Å². The Kier molecular flexibility index (Phi) is 9.36. The van der Waals surface area contributed by atoms with Gasteiger partial charge in [-0.15, -0.1) is 6.42 Å². The fraction of sp³-hybridized carbons (Fsp3) is 0.462. The van der Waals surface area contributed by atoms with Gasteiger partial charge in [0.15, 0.2) is 12.6 Å². The minimum atomic E-state index is -0.673. The second-order valence-corrected chi connectivity index (χ2v) is 8.68. The van der Waals surface area contributed by atoms with E-state index < -0.39 is 30.9 Å². The molecule has 2 heterocycles. The molecule has 2 aromatic rings. The first kappa shape index (κ1) is 25.1. The molecular formula is C26H29BrO7. The molecule has 0 N–H and O–H groups in total. The summed E-state index contributed by atoms with van der Waals surface area (Å²) in [5, 5.41) is 0.656. The summed E-state index contributed by atoms with van der Waals surface area (Å²) in [7, 11) is 1.64. The van der Waals surface area contributed by atoms with E-state index in [9.17, 15) is 0 Å². The molecule has 0 aliphatic carbocycles. The number of terminal acetylenes is 1. The predicted molar refractivity (Wildman–Crippen MR) is 129 cm³/mol. The molecule has 4 rings (SSSR count). The van der Waals surface area contributed by atoms with Gasteiger partial charge in [0.1, 0.15) is 36.8 Å². The highest BCUT2D eigenvalue weighted by molar-refractivity contribution is 9.09. The number of hydrogen-bond donors (Lipinski definition) is 0. The van der Waals surface area contributed by atoms with E-state index in [-0.39, 0.29) is 12.7 Å².